The molecular weight excluding hydrogens is 430 g/mol. The number of amides is 3. The summed E-state index contributed by atoms with van der Waals surface area (Å²) in [5, 5.41) is 5.60. The number of carbonyl (C=O) groups excluding carboxylic acids is 3. The molecule has 0 fully saturated rings. The molecule has 3 amide bonds. The molecule has 7 heteroatoms. The standard InChI is InChI=1S/C27H41N3O4/c1-12-30(24(32)21(15-17(2)3)28-25(33)34-27(9,10)11)22(23(31)29-26(6,7)8)20-14-13-18(4)16-19(20)5/h1,13-14,16-17,21-22H,15H2,2-11H3,(H,28,33)(H,29,31). The van der Waals surface area contributed by atoms with E-state index in [9.17, 15) is 14.4 Å². The van der Waals surface area contributed by atoms with E-state index in [0.717, 1.165) is 16.0 Å². The molecule has 2 N–H and O–H groups in total. The Kier molecular flexibility index (Phi) is 9.74. The molecule has 0 aliphatic rings. The number of benzene rings is 1. The Hall–Kier alpha value is -3.01. The van der Waals surface area contributed by atoms with Crippen molar-refractivity contribution in [1.29, 1.82) is 0 Å². The number of ether oxygens (including phenoxy) is 1. The molecule has 1 aromatic carbocycles. The van der Waals surface area contributed by atoms with E-state index in [1.165, 1.54) is 0 Å². The summed E-state index contributed by atoms with van der Waals surface area (Å²) < 4.78 is 5.35. The number of nitrogens with one attached hydrogen (secondary N) is 2. The normalized spacial score (nSPS) is 13.5. The largest absolute Gasteiger partial charge is 0.444 e. The van der Waals surface area contributed by atoms with Gasteiger partial charge in [-0.15, -0.1) is 0 Å². The van der Waals surface area contributed by atoms with Crippen LogP contribution in [0.1, 0.15) is 84.5 Å². The van der Waals surface area contributed by atoms with Crippen LogP contribution in [0, 0.1) is 32.2 Å². The van der Waals surface area contributed by atoms with Crippen LogP contribution in [0.5, 0.6) is 0 Å². The number of terminal acetylenes is 1. The van der Waals surface area contributed by atoms with Crippen molar-refractivity contribution in [3.05, 3.63) is 34.9 Å². The van der Waals surface area contributed by atoms with Gasteiger partial charge in [-0.05, 0) is 78.9 Å². The highest BCUT2D eigenvalue weighted by atomic mass is 16.6. The summed E-state index contributed by atoms with van der Waals surface area (Å²) in [6, 6.07) is 6.03. The van der Waals surface area contributed by atoms with Crippen LogP contribution in [0.2, 0.25) is 0 Å². The number of hydrogen-bond donors (Lipinski definition) is 2. The van der Waals surface area contributed by atoms with Crippen molar-refractivity contribution in [3.63, 3.8) is 0 Å². The summed E-state index contributed by atoms with van der Waals surface area (Å²) >= 11 is 0. The zero-order valence-electron chi connectivity index (χ0n) is 22.3. The number of hydrogen-bond acceptors (Lipinski definition) is 4. The fraction of sp³-hybridized carbons (Fsp3) is 0.593. The average molecular weight is 472 g/mol. The second-order valence-corrected chi connectivity index (χ2v) is 11.2. The Morgan fingerprint density at radius 2 is 1.68 bits per heavy atom. The molecule has 7 nitrogen and oxygen atoms in total. The van der Waals surface area contributed by atoms with E-state index in [1.54, 1.807) is 20.8 Å². The molecule has 0 aliphatic heterocycles. The number of alkyl carbamates (subject to hydrolysis) is 1. The summed E-state index contributed by atoms with van der Waals surface area (Å²) in [6.45, 7) is 18.5. The predicted molar refractivity (Wildman–Crippen MR) is 135 cm³/mol. The summed E-state index contributed by atoms with van der Waals surface area (Å²) in [6.07, 6.45) is 5.44. The molecular formula is C27H41N3O4. The van der Waals surface area contributed by atoms with Crippen LogP contribution in [0.3, 0.4) is 0 Å². The fourth-order valence-corrected chi connectivity index (χ4v) is 3.54. The summed E-state index contributed by atoms with van der Waals surface area (Å²) in [5.41, 5.74) is 1.22. The highest BCUT2D eigenvalue weighted by Crippen LogP contribution is 2.27. The lowest BCUT2D eigenvalue weighted by atomic mass is 9.95. The Bertz CT molecular complexity index is 933. The average Bonchev–Trinajstić information content (AvgIpc) is 2.62. The lowest BCUT2D eigenvalue weighted by Gasteiger charge is -2.33. The van der Waals surface area contributed by atoms with E-state index in [4.69, 9.17) is 11.2 Å². The molecule has 1 aromatic rings. The van der Waals surface area contributed by atoms with E-state index in [0.29, 0.717) is 12.0 Å². The van der Waals surface area contributed by atoms with Crippen LogP contribution in [-0.4, -0.2) is 40.0 Å². The van der Waals surface area contributed by atoms with Gasteiger partial charge in [0.15, 0.2) is 0 Å². The molecule has 0 spiro atoms. The van der Waals surface area contributed by atoms with Crippen molar-refractivity contribution in [2.45, 2.75) is 98.9 Å². The van der Waals surface area contributed by atoms with Crippen molar-refractivity contribution < 1.29 is 19.1 Å². The highest BCUT2D eigenvalue weighted by molar-refractivity contribution is 5.93. The Labute approximate surface area is 205 Å². The maximum atomic E-state index is 13.7. The molecule has 0 radical (unpaired) electrons. The van der Waals surface area contributed by atoms with Gasteiger partial charge in [0.25, 0.3) is 5.91 Å². The van der Waals surface area contributed by atoms with Gasteiger partial charge in [0, 0.05) is 11.6 Å². The first-order valence-electron chi connectivity index (χ1n) is 11.6. The second kappa shape index (κ2) is 11.4. The minimum absolute atomic E-state index is 0.0754. The SMILES string of the molecule is C#CN(C(=O)C(CC(C)C)NC(=O)OC(C)(C)C)C(C(=O)NC(C)(C)C)c1ccc(C)cc1C. The molecule has 188 valence electrons. The van der Waals surface area contributed by atoms with Crippen LogP contribution in [0.4, 0.5) is 4.79 Å². The van der Waals surface area contributed by atoms with Crippen LogP contribution in [-0.2, 0) is 14.3 Å². The number of rotatable bonds is 7. The smallest absolute Gasteiger partial charge is 0.408 e. The van der Waals surface area contributed by atoms with Crippen LogP contribution < -0.4 is 10.6 Å². The van der Waals surface area contributed by atoms with E-state index >= 15 is 0 Å². The first-order chi connectivity index (χ1) is 15.4. The van der Waals surface area contributed by atoms with Crippen LogP contribution >= 0.6 is 0 Å². The van der Waals surface area contributed by atoms with Gasteiger partial charge in [0.1, 0.15) is 17.7 Å². The molecule has 0 aliphatic carbocycles. The Morgan fingerprint density at radius 1 is 1.09 bits per heavy atom. The third kappa shape index (κ3) is 9.09. The first kappa shape index (κ1) is 29.0. The van der Waals surface area contributed by atoms with Crippen molar-refractivity contribution in [2.75, 3.05) is 0 Å². The van der Waals surface area contributed by atoms with Gasteiger partial charge in [0.05, 0.1) is 0 Å². The molecule has 1 rings (SSSR count). The van der Waals surface area contributed by atoms with Gasteiger partial charge in [-0.3, -0.25) is 14.5 Å². The third-order valence-corrected chi connectivity index (χ3v) is 4.80. The number of aryl methyl sites for hydroxylation is 2. The second-order valence-electron chi connectivity index (χ2n) is 11.2. The quantitative estimate of drug-likeness (QED) is 0.449. The van der Waals surface area contributed by atoms with E-state index in [2.05, 4.69) is 16.7 Å². The van der Waals surface area contributed by atoms with Crippen molar-refractivity contribution in [1.82, 2.24) is 15.5 Å². The number of nitrogens with zero attached hydrogens (tertiary/aromatic N) is 1. The molecule has 2 atom stereocenters. The first-order valence-corrected chi connectivity index (χ1v) is 11.6. The van der Waals surface area contributed by atoms with Gasteiger partial charge >= 0.3 is 6.09 Å². The van der Waals surface area contributed by atoms with Crippen molar-refractivity contribution >= 4 is 17.9 Å². The molecule has 2 unspecified atom stereocenters. The molecule has 34 heavy (non-hydrogen) atoms. The van der Waals surface area contributed by atoms with E-state index in [1.807, 2.05) is 66.7 Å². The Morgan fingerprint density at radius 3 is 2.12 bits per heavy atom. The molecule has 0 saturated heterocycles. The van der Waals surface area contributed by atoms with Gasteiger partial charge in [-0.1, -0.05) is 44.0 Å². The molecule has 0 bridgehead atoms. The van der Waals surface area contributed by atoms with E-state index in [-0.39, 0.29) is 5.92 Å². The Balaban J connectivity index is 3.47. The maximum Gasteiger partial charge on any atom is 0.408 e. The molecule has 0 heterocycles. The number of carbonyl (C=O) groups is 3. The maximum absolute atomic E-state index is 13.7. The van der Waals surface area contributed by atoms with Gasteiger partial charge < -0.3 is 15.4 Å². The third-order valence-electron chi connectivity index (χ3n) is 4.80. The fourth-order valence-electron chi connectivity index (χ4n) is 3.54. The topological polar surface area (TPSA) is 87.7 Å². The molecule has 0 saturated carbocycles. The van der Waals surface area contributed by atoms with E-state index < -0.39 is 41.1 Å². The summed E-state index contributed by atoms with van der Waals surface area (Å²) in [5.74, 6) is -0.867. The van der Waals surface area contributed by atoms with Gasteiger partial charge in [-0.25, -0.2) is 4.79 Å². The highest BCUT2D eigenvalue weighted by Gasteiger charge is 2.37. The molecule has 0 aromatic heterocycles. The lowest BCUT2D eigenvalue weighted by molar-refractivity contribution is -0.139. The van der Waals surface area contributed by atoms with Gasteiger partial charge in [0.2, 0.25) is 5.91 Å². The van der Waals surface area contributed by atoms with Gasteiger partial charge in [-0.2, -0.15) is 0 Å². The van der Waals surface area contributed by atoms with Crippen LogP contribution in [0.15, 0.2) is 18.2 Å². The monoisotopic (exact) mass is 471 g/mol. The predicted octanol–water partition coefficient (Wildman–Crippen LogP) is 4.62. The lowest BCUT2D eigenvalue weighted by Crippen LogP contribution is -2.53. The van der Waals surface area contributed by atoms with Crippen molar-refractivity contribution in [3.8, 4) is 12.5 Å². The van der Waals surface area contributed by atoms with Crippen LogP contribution in [0.25, 0.3) is 0 Å². The zero-order valence-corrected chi connectivity index (χ0v) is 22.3. The summed E-state index contributed by atoms with van der Waals surface area (Å²) in [7, 11) is 0. The zero-order chi connectivity index (χ0) is 26.4. The minimum atomic E-state index is -1.06. The van der Waals surface area contributed by atoms with Crippen molar-refractivity contribution in [2.24, 2.45) is 5.92 Å². The minimum Gasteiger partial charge on any atom is -0.444 e. The summed E-state index contributed by atoms with van der Waals surface area (Å²) in [4.78, 5) is 40.7.